The third-order valence-corrected chi connectivity index (χ3v) is 6.76. The molecule has 1 aromatic carbocycles. The third-order valence-electron chi connectivity index (χ3n) is 4.86. The summed E-state index contributed by atoms with van der Waals surface area (Å²) in [5, 5.41) is 11.1. The molecule has 2 aliphatic rings. The second kappa shape index (κ2) is 6.91. The molecule has 1 aliphatic heterocycles. The van der Waals surface area contributed by atoms with Crippen molar-refractivity contribution >= 4 is 28.1 Å². The smallest absolute Gasteiger partial charge is 0.292 e. The van der Waals surface area contributed by atoms with Gasteiger partial charge in [0, 0.05) is 25.2 Å². The average molecular weight is 380 g/mol. The first-order valence-corrected chi connectivity index (χ1v) is 8.95. The summed E-state index contributed by atoms with van der Waals surface area (Å²) in [7, 11) is -4.27. The van der Waals surface area contributed by atoms with Crippen molar-refractivity contribution in [3.63, 3.8) is 0 Å². The molecule has 10 heteroatoms. The van der Waals surface area contributed by atoms with Crippen LogP contribution in [0.4, 0.5) is 10.1 Å². The van der Waals surface area contributed by atoms with E-state index in [2.05, 4.69) is 0 Å². The number of hydrogen-bond donors (Lipinski definition) is 1. The van der Waals surface area contributed by atoms with Gasteiger partial charge in [-0.2, -0.15) is 4.31 Å². The van der Waals surface area contributed by atoms with Gasteiger partial charge in [-0.25, -0.2) is 12.8 Å². The summed E-state index contributed by atoms with van der Waals surface area (Å²) in [6, 6.07) is 2.98. The van der Waals surface area contributed by atoms with Crippen molar-refractivity contribution in [2.45, 2.75) is 30.2 Å². The monoisotopic (exact) mass is 379 g/mol. The molecule has 7 nitrogen and oxygen atoms in total. The van der Waals surface area contributed by atoms with Crippen LogP contribution in [0.25, 0.3) is 0 Å². The van der Waals surface area contributed by atoms with Crippen molar-refractivity contribution in [3.8, 4) is 0 Å². The normalized spacial score (nSPS) is 27.3. The van der Waals surface area contributed by atoms with E-state index in [1.54, 1.807) is 0 Å². The first-order valence-electron chi connectivity index (χ1n) is 7.51. The number of halogens is 2. The summed E-state index contributed by atoms with van der Waals surface area (Å²) in [6.45, 7) is 0.436. The zero-order valence-electron chi connectivity index (χ0n) is 12.8. The molecule has 1 saturated heterocycles. The lowest BCUT2D eigenvalue weighted by Crippen LogP contribution is -2.38. The zero-order valence-corrected chi connectivity index (χ0v) is 14.4. The summed E-state index contributed by atoms with van der Waals surface area (Å²) in [4.78, 5) is 9.35. The Morgan fingerprint density at radius 2 is 2.00 bits per heavy atom. The Bertz CT molecular complexity index is 746. The third kappa shape index (κ3) is 3.13. The van der Waals surface area contributed by atoms with Gasteiger partial charge in [-0.1, -0.05) is 12.5 Å². The molecule has 2 N–H and O–H groups in total. The average Bonchev–Trinajstić information content (AvgIpc) is 2.93. The van der Waals surface area contributed by atoms with Gasteiger partial charge in [0.15, 0.2) is 4.90 Å². The molecule has 1 aliphatic carbocycles. The summed E-state index contributed by atoms with van der Waals surface area (Å²) in [5.74, 6) is -0.929. The van der Waals surface area contributed by atoms with Crippen LogP contribution in [-0.4, -0.2) is 36.8 Å². The quantitative estimate of drug-likeness (QED) is 0.637. The second-order valence-corrected chi connectivity index (χ2v) is 8.06. The SMILES string of the molecule is Cl.NC1CCCC2CN(S(=O)(=O)c3c(F)cccc3[N+](=O)[O-])CC12. The molecule has 1 saturated carbocycles. The standard InChI is InChI=1S/C14H18FN3O4S.ClH/c15-11-4-2-6-13(18(19)20)14(11)23(21,22)17-7-9-3-1-5-12(16)10(9)8-17;/h2,4,6,9-10,12H,1,3,5,7-8,16H2;1H. The van der Waals surface area contributed by atoms with Crippen LogP contribution in [0.1, 0.15) is 19.3 Å². The van der Waals surface area contributed by atoms with Gasteiger partial charge >= 0.3 is 0 Å². The molecule has 1 aromatic rings. The minimum absolute atomic E-state index is 0. The molecular weight excluding hydrogens is 361 g/mol. The molecular formula is C14H19ClFN3O4S. The molecule has 0 aromatic heterocycles. The van der Waals surface area contributed by atoms with Crippen LogP contribution in [0.5, 0.6) is 0 Å². The lowest BCUT2D eigenvalue weighted by molar-refractivity contribution is -0.388. The first-order chi connectivity index (χ1) is 10.8. The highest BCUT2D eigenvalue weighted by Gasteiger charge is 2.45. The van der Waals surface area contributed by atoms with Crippen molar-refractivity contribution in [2.24, 2.45) is 17.6 Å². The molecule has 2 fully saturated rings. The van der Waals surface area contributed by atoms with Gasteiger partial charge in [0.05, 0.1) is 4.92 Å². The Morgan fingerprint density at radius 1 is 1.29 bits per heavy atom. The van der Waals surface area contributed by atoms with Crippen LogP contribution in [0.3, 0.4) is 0 Å². The summed E-state index contributed by atoms with van der Waals surface area (Å²) >= 11 is 0. The van der Waals surface area contributed by atoms with Crippen LogP contribution in [0, 0.1) is 27.8 Å². The predicted molar refractivity (Wildman–Crippen MR) is 87.9 cm³/mol. The lowest BCUT2D eigenvalue weighted by Gasteiger charge is -2.29. The topological polar surface area (TPSA) is 107 Å². The Labute approximate surface area is 145 Å². The van der Waals surface area contributed by atoms with E-state index in [1.807, 2.05) is 0 Å². The van der Waals surface area contributed by atoms with E-state index in [0.717, 1.165) is 41.8 Å². The highest BCUT2D eigenvalue weighted by atomic mass is 35.5. The van der Waals surface area contributed by atoms with Gasteiger partial charge < -0.3 is 5.73 Å². The zero-order chi connectivity index (χ0) is 16.8. The van der Waals surface area contributed by atoms with Crippen molar-refractivity contribution in [3.05, 3.63) is 34.1 Å². The Balaban J connectivity index is 0.00000208. The van der Waals surface area contributed by atoms with E-state index in [4.69, 9.17) is 5.73 Å². The highest BCUT2D eigenvalue weighted by Crippen LogP contribution is 2.39. The van der Waals surface area contributed by atoms with Crippen LogP contribution in [0.2, 0.25) is 0 Å². The maximum Gasteiger partial charge on any atom is 0.292 e. The largest absolute Gasteiger partial charge is 0.327 e. The van der Waals surface area contributed by atoms with E-state index in [0.29, 0.717) is 0 Å². The van der Waals surface area contributed by atoms with Gasteiger partial charge in [-0.3, -0.25) is 10.1 Å². The molecule has 3 unspecified atom stereocenters. The Hall–Kier alpha value is -1.29. The number of nitro groups is 1. The fraction of sp³-hybridized carbons (Fsp3) is 0.571. The summed E-state index contributed by atoms with van der Waals surface area (Å²) < 4.78 is 40.8. The fourth-order valence-corrected chi connectivity index (χ4v) is 5.43. The van der Waals surface area contributed by atoms with Gasteiger partial charge in [0.2, 0.25) is 0 Å². The van der Waals surface area contributed by atoms with Crippen LogP contribution >= 0.6 is 12.4 Å². The van der Waals surface area contributed by atoms with Crippen LogP contribution < -0.4 is 5.73 Å². The highest BCUT2D eigenvalue weighted by molar-refractivity contribution is 7.89. The van der Waals surface area contributed by atoms with E-state index >= 15 is 0 Å². The fourth-order valence-electron chi connectivity index (χ4n) is 3.70. The Kier molecular flexibility index (Phi) is 5.48. The number of fused-ring (bicyclic) bond motifs is 1. The van der Waals surface area contributed by atoms with Crippen molar-refractivity contribution in [1.82, 2.24) is 4.31 Å². The Morgan fingerprint density at radius 3 is 2.62 bits per heavy atom. The lowest BCUT2D eigenvalue weighted by atomic mass is 9.78. The number of nitrogens with two attached hydrogens (primary N) is 1. The second-order valence-electron chi connectivity index (χ2n) is 6.19. The molecule has 0 bridgehead atoms. The molecule has 0 radical (unpaired) electrons. The number of sulfonamides is 1. The van der Waals surface area contributed by atoms with Crippen molar-refractivity contribution in [2.75, 3.05) is 13.1 Å². The molecule has 0 spiro atoms. The van der Waals surface area contributed by atoms with Gasteiger partial charge in [-0.15, -0.1) is 12.4 Å². The van der Waals surface area contributed by atoms with Crippen LogP contribution in [0.15, 0.2) is 23.1 Å². The maximum atomic E-state index is 14.1. The van der Waals surface area contributed by atoms with Gasteiger partial charge in [-0.05, 0) is 30.7 Å². The first kappa shape index (κ1) is 19.0. The number of benzene rings is 1. The summed E-state index contributed by atoms with van der Waals surface area (Å²) in [6.07, 6.45) is 2.66. The minimum Gasteiger partial charge on any atom is -0.327 e. The number of nitrogens with zero attached hydrogens (tertiary/aromatic N) is 2. The van der Waals surface area contributed by atoms with Gasteiger partial charge in [0.25, 0.3) is 15.7 Å². The molecule has 3 atom stereocenters. The van der Waals surface area contributed by atoms with Crippen LogP contribution in [-0.2, 0) is 10.0 Å². The number of rotatable bonds is 3. The van der Waals surface area contributed by atoms with Crippen molar-refractivity contribution in [1.29, 1.82) is 0 Å². The van der Waals surface area contributed by atoms with E-state index < -0.39 is 31.3 Å². The van der Waals surface area contributed by atoms with Gasteiger partial charge in [0.1, 0.15) is 5.82 Å². The molecule has 0 amide bonds. The maximum absolute atomic E-state index is 14.1. The van der Waals surface area contributed by atoms with Crippen molar-refractivity contribution < 1.29 is 17.7 Å². The van der Waals surface area contributed by atoms with E-state index in [-0.39, 0.29) is 43.4 Å². The number of hydrogen-bond acceptors (Lipinski definition) is 5. The van der Waals surface area contributed by atoms with E-state index in [1.165, 1.54) is 0 Å². The minimum atomic E-state index is -4.27. The molecule has 1 heterocycles. The summed E-state index contributed by atoms with van der Waals surface area (Å²) in [5.41, 5.74) is 5.34. The molecule has 24 heavy (non-hydrogen) atoms. The molecule has 134 valence electrons. The molecule has 3 rings (SSSR count). The number of nitro benzene ring substituents is 1. The predicted octanol–water partition coefficient (Wildman–Crippen LogP) is 1.90. The van der Waals surface area contributed by atoms with E-state index in [9.17, 15) is 22.9 Å².